The zero-order valence-corrected chi connectivity index (χ0v) is 21.4. The van der Waals surface area contributed by atoms with Crippen molar-refractivity contribution in [3.05, 3.63) is 46.6 Å². The number of urea groups is 1. The summed E-state index contributed by atoms with van der Waals surface area (Å²) in [7, 11) is 1.07. The number of amides is 4. The van der Waals surface area contributed by atoms with Crippen LogP contribution in [-0.2, 0) is 15.7 Å². The van der Waals surface area contributed by atoms with Crippen LogP contribution in [0.5, 0.6) is 0 Å². The third-order valence-corrected chi connectivity index (χ3v) is 5.94. The molecule has 1 atom stereocenters. The first-order chi connectivity index (χ1) is 18.0. The van der Waals surface area contributed by atoms with Crippen molar-refractivity contribution in [2.45, 2.75) is 38.6 Å². The molecule has 16 heteroatoms. The molecule has 0 aliphatic carbocycles. The van der Waals surface area contributed by atoms with Crippen molar-refractivity contribution in [3.8, 4) is 0 Å². The molecule has 0 spiro atoms. The number of imide groups is 1. The molecule has 0 bridgehead atoms. The third kappa shape index (κ3) is 5.17. The van der Waals surface area contributed by atoms with Gasteiger partial charge in [-0.25, -0.2) is 23.3 Å². The van der Waals surface area contributed by atoms with Gasteiger partial charge in [0.05, 0.1) is 29.4 Å². The number of fused-ring (bicyclic) bond motifs is 1. The van der Waals surface area contributed by atoms with Gasteiger partial charge in [-0.05, 0) is 39.0 Å². The van der Waals surface area contributed by atoms with E-state index in [0.717, 1.165) is 25.4 Å². The van der Waals surface area contributed by atoms with Crippen molar-refractivity contribution in [1.29, 1.82) is 0 Å². The lowest BCUT2D eigenvalue weighted by molar-refractivity contribution is -0.136. The maximum atomic E-state index is 14.7. The molecule has 4 rings (SSSR count). The molecule has 1 fully saturated rings. The van der Waals surface area contributed by atoms with E-state index in [-0.39, 0.29) is 0 Å². The van der Waals surface area contributed by atoms with E-state index in [1.54, 1.807) is 0 Å². The maximum Gasteiger partial charge on any atom is 0.418 e. The van der Waals surface area contributed by atoms with Crippen molar-refractivity contribution >= 4 is 52.2 Å². The second-order valence-electron chi connectivity index (χ2n) is 9.42. The summed E-state index contributed by atoms with van der Waals surface area (Å²) >= 11 is 5.62. The minimum atomic E-state index is -4.95. The number of rotatable bonds is 3. The van der Waals surface area contributed by atoms with Crippen LogP contribution in [0.1, 0.15) is 26.3 Å². The van der Waals surface area contributed by atoms with Crippen LogP contribution >= 0.6 is 11.6 Å². The van der Waals surface area contributed by atoms with Gasteiger partial charge in [0.25, 0.3) is 11.6 Å². The SMILES string of the molecule is CN(C(=O)[C@@H]1CN(C(=O)OC(C)(C)C)C(=O)N1c1cc(C(F)(F)F)c2cnoc2n1)c1ccc(F)c(Cl)c1F. The van der Waals surface area contributed by atoms with E-state index in [1.807, 2.05) is 0 Å². The van der Waals surface area contributed by atoms with Crippen molar-refractivity contribution in [1.82, 2.24) is 15.0 Å². The Labute approximate surface area is 221 Å². The van der Waals surface area contributed by atoms with Gasteiger partial charge < -0.3 is 14.2 Å². The first kappa shape index (κ1) is 28.0. The van der Waals surface area contributed by atoms with Gasteiger partial charge >= 0.3 is 18.3 Å². The van der Waals surface area contributed by atoms with Crippen LogP contribution in [-0.4, -0.2) is 58.3 Å². The predicted molar refractivity (Wildman–Crippen MR) is 126 cm³/mol. The molecule has 0 N–H and O–H groups in total. The van der Waals surface area contributed by atoms with Gasteiger partial charge in [-0.1, -0.05) is 16.8 Å². The first-order valence-electron chi connectivity index (χ1n) is 11.1. The Bertz CT molecular complexity index is 1490. The van der Waals surface area contributed by atoms with E-state index in [0.29, 0.717) is 20.8 Å². The largest absolute Gasteiger partial charge is 0.443 e. The Balaban J connectivity index is 1.83. The first-order valence-corrected chi connectivity index (χ1v) is 11.5. The van der Waals surface area contributed by atoms with Crippen molar-refractivity contribution in [3.63, 3.8) is 0 Å². The van der Waals surface area contributed by atoms with Crippen LogP contribution in [0.2, 0.25) is 5.02 Å². The fourth-order valence-corrected chi connectivity index (χ4v) is 3.99. The Morgan fingerprint density at radius 3 is 2.49 bits per heavy atom. The van der Waals surface area contributed by atoms with Gasteiger partial charge in [0.15, 0.2) is 5.82 Å². The van der Waals surface area contributed by atoms with E-state index in [1.165, 1.54) is 20.8 Å². The normalized spacial score (nSPS) is 16.3. The summed E-state index contributed by atoms with van der Waals surface area (Å²) in [5, 5.41) is 1.89. The number of carbonyl (C=O) groups excluding carboxylic acids is 3. The minimum Gasteiger partial charge on any atom is -0.443 e. The number of nitrogens with zero attached hydrogens (tertiary/aromatic N) is 5. The van der Waals surface area contributed by atoms with E-state index in [2.05, 4.69) is 10.1 Å². The topological polar surface area (TPSA) is 109 Å². The van der Waals surface area contributed by atoms with Crippen LogP contribution in [0, 0.1) is 11.6 Å². The molecule has 0 radical (unpaired) electrons. The molecule has 1 aliphatic rings. The molecule has 208 valence electrons. The number of likely N-dealkylation sites (N-methyl/N-ethyl adjacent to an activating group) is 1. The average molecular weight is 576 g/mol. The van der Waals surface area contributed by atoms with Crippen LogP contribution in [0.15, 0.2) is 28.9 Å². The highest BCUT2D eigenvalue weighted by Crippen LogP contribution is 2.38. The highest BCUT2D eigenvalue weighted by molar-refractivity contribution is 6.31. The van der Waals surface area contributed by atoms with Crippen LogP contribution in [0.25, 0.3) is 11.1 Å². The summed E-state index contributed by atoms with van der Waals surface area (Å²) in [5.74, 6) is -4.17. The van der Waals surface area contributed by atoms with Gasteiger partial charge in [0.2, 0.25) is 0 Å². The highest BCUT2D eigenvalue weighted by Gasteiger charge is 2.49. The highest BCUT2D eigenvalue weighted by atomic mass is 35.5. The number of pyridine rings is 1. The minimum absolute atomic E-state index is 0.492. The number of aromatic nitrogens is 2. The molecule has 4 amide bonds. The second kappa shape index (κ2) is 9.63. The maximum absolute atomic E-state index is 14.7. The average Bonchev–Trinajstić information content (AvgIpc) is 3.43. The molecular formula is C23H19ClF5N5O5. The molecule has 1 aromatic carbocycles. The second-order valence-corrected chi connectivity index (χ2v) is 9.80. The summed E-state index contributed by atoms with van der Waals surface area (Å²) in [5.41, 5.74) is -3.44. The Morgan fingerprint density at radius 1 is 1.21 bits per heavy atom. The number of alkyl halides is 3. The zero-order chi connectivity index (χ0) is 29.0. The molecule has 3 heterocycles. The van der Waals surface area contributed by atoms with E-state index in [9.17, 15) is 36.3 Å². The Morgan fingerprint density at radius 2 is 1.87 bits per heavy atom. The van der Waals surface area contributed by atoms with Gasteiger partial charge in [0, 0.05) is 7.05 Å². The number of anilines is 2. The number of benzene rings is 1. The van der Waals surface area contributed by atoms with Crippen molar-refractivity contribution in [2.75, 3.05) is 23.4 Å². The lowest BCUT2D eigenvalue weighted by Crippen LogP contribution is -2.47. The van der Waals surface area contributed by atoms with E-state index < -0.39 is 87.2 Å². The third-order valence-electron chi connectivity index (χ3n) is 5.59. The fraction of sp³-hybridized carbons (Fsp3) is 0.348. The molecule has 1 saturated heterocycles. The van der Waals surface area contributed by atoms with Crippen LogP contribution in [0.3, 0.4) is 0 Å². The zero-order valence-electron chi connectivity index (χ0n) is 20.6. The van der Waals surface area contributed by atoms with E-state index in [4.69, 9.17) is 20.9 Å². The number of carbonyl (C=O) groups is 3. The quantitative estimate of drug-likeness (QED) is 0.305. The number of hydrogen-bond donors (Lipinski definition) is 0. The van der Waals surface area contributed by atoms with Gasteiger partial charge in [-0.2, -0.15) is 18.2 Å². The predicted octanol–water partition coefficient (Wildman–Crippen LogP) is 5.38. The standard InChI is InChI=1S/C23H19ClF5N5O5/c1-22(2,3)38-21(37)33-9-14(19(35)32(4)13-6-5-12(25)16(24)17(13)26)34(20(33)36)15-7-11(23(27,28)29)10-8-30-39-18(10)31-15/h5-8,14H,9H2,1-4H3/t14-/m0/s1. The molecule has 10 nitrogen and oxygen atoms in total. The lowest BCUT2D eigenvalue weighted by atomic mass is 10.1. The Kier molecular flexibility index (Phi) is 6.91. The summed E-state index contributed by atoms with van der Waals surface area (Å²) in [6.07, 6.45) is -5.35. The van der Waals surface area contributed by atoms with Gasteiger partial charge in [-0.3, -0.25) is 9.69 Å². The molecule has 3 aromatic rings. The summed E-state index contributed by atoms with van der Waals surface area (Å²) in [6, 6.07) is -0.766. The molecule has 1 aliphatic heterocycles. The van der Waals surface area contributed by atoms with Gasteiger partial charge in [0.1, 0.15) is 28.3 Å². The number of hydrogen-bond acceptors (Lipinski definition) is 7. The summed E-state index contributed by atoms with van der Waals surface area (Å²) in [6.45, 7) is 3.83. The fourth-order valence-electron chi connectivity index (χ4n) is 3.83. The Hall–Kier alpha value is -4.01. The van der Waals surface area contributed by atoms with Crippen LogP contribution < -0.4 is 9.80 Å². The monoisotopic (exact) mass is 575 g/mol. The smallest absolute Gasteiger partial charge is 0.418 e. The lowest BCUT2D eigenvalue weighted by Gasteiger charge is -2.27. The summed E-state index contributed by atoms with van der Waals surface area (Å²) in [4.78, 5) is 45.3. The number of ether oxygens (including phenoxy) is 1. The molecular weight excluding hydrogens is 557 g/mol. The summed E-state index contributed by atoms with van der Waals surface area (Å²) < 4.78 is 79.8. The molecule has 0 unspecified atom stereocenters. The molecule has 2 aromatic heterocycles. The van der Waals surface area contributed by atoms with Crippen LogP contribution in [0.4, 0.5) is 43.0 Å². The molecule has 0 saturated carbocycles. The van der Waals surface area contributed by atoms with Crippen molar-refractivity contribution in [2.24, 2.45) is 0 Å². The van der Waals surface area contributed by atoms with Gasteiger partial charge in [-0.15, -0.1) is 0 Å². The van der Waals surface area contributed by atoms with Crippen molar-refractivity contribution < 1.29 is 45.6 Å². The number of halogens is 6. The molecule has 39 heavy (non-hydrogen) atoms. The van der Waals surface area contributed by atoms with E-state index >= 15 is 0 Å².